The van der Waals surface area contributed by atoms with Gasteiger partial charge in [-0.1, -0.05) is 18.2 Å². The SMILES string of the molecule is N#Cc1ccc(-c2ccc(C(=O)O)cc2F)cc1. The largest absolute Gasteiger partial charge is 0.478 e. The Hall–Kier alpha value is -2.67. The Labute approximate surface area is 103 Å². The Morgan fingerprint density at radius 2 is 1.83 bits per heavy atom. The van der Waals surface area contributed by atoms with Gasteiger partial charge in [0.05, 0.1) is 17.2 Å². The predicted molar refractivity (Wildman–Crippen MR) is 63.5 cm³/mol. The van der Waals surface area contributed by atoms with E-state index >= 15 is 0 Å². The van der Waals surface area contributed by atoms with Crippen LogP contribution in [0.2, 0.25) is 0 Å². The van der Waals surface area contributed by atoms with Gasteiger partial charge in [0.25, 0.3) is 0 Å². The molecule has 0 unspecified atom stereocenters. The molecule has 0 bridgehead atoms. The lowest BCUT2D eigenvalue weighted by atomic mass is 10.0. The number of hydrogen-bond acceptors (Lipinski definition) is 2. The molecule has 0 saturated heterocycles. The van der Waals surface area contributed by atoms with Crippen LogP contribution >= 0.6 is 0 Å². The van der Waals surface area contributed by atoms with Crippen LogP contribution in [-0.2, 0) is 0 Å². The molecule has 0 radical (unpaired) electrons. The first-order valence-corrected chi connectivity index (χ1v) is 5.15. The van der Waals surface area contributed by atoms with Crippen LogP contribution < -0.4 is 0 Å². The van der Waals surface area contributed by atoms with Crippen LogP contribution in [0.4, 0.5) is 4.39 Å². The van der Waals surface area contributed by atoms with Gasteiger partial charge < -0.3 is 5.11 Å². The molecule has 0 aromatic heterocycles. The number of carboxylic acid groups (broad SMARTS) is 1. The number of hydrogen-bond donors (Lipinski definition) is 1. The van der Waals surface area contributed by atoms with Gasteiger partial charge in [-0.05, 0) is 29.8 Å². The van der Waals surface area contributed by atoms with Crippen molar-refractivity contribution in [2.75, 3.05) is 0 Å². The van der Waals surface area contributed by atoms with Crippen LogP contribution in [0.3, 0.4) is 0 Å². The first-order valence-electron chi connectivity index (χ1n) is 5.15. The maximum Gasteiger partial charge on any atom is 0.335 e. The highest BCUT2D eigenvalue weighted by molar-refractivity contribution is 5.88. The molecule has 2 rings (SSSR count). The molecule has 2 aromatic rings. The third-order valence-electron chi connectivity index (χ3n) is 2.54. The summed E-state index contributed by atoms with van der Waals surface area (Å²) in [5.74, 6) is -1.76. The molecule has 0 fully saturated rings. The predicted octanol–water partition coefficient (Wildman–Crippen LogP) is 3.06. The first kappa shape index (κ1) is 11.8. The Bertz CT molecular complexity index is 642. The van der Waals surface area contributed by atoms with Crippen molar-refractivity contribution in [3.63, 3.8) is 0 Å². The van der Waals surface area contributed by atoms with Crippen molar-refractivity contribution in [1.82, 2.24) is 0 Å². The minimum absolute atomic E-state index is 0.0927. The number of nitrogens with zero attached hydrogens (tertiary/aromatic N) is 1. The Balaban J connectivity index is 2.45. The maximum atomic E-state index is 13.8. The fourth-order valence-electron chi connectivity index (χ4n) is 1.61. The van der Waals surface area contributed by atoms with E-state index in [0.29, 0.717) is 16.7 Å². The summed E-state index contributed by atoms with van der Waals surface area (Å²) in [6.45, 7) is 0. The molecule has 4 heteroatoms. The zero-order valence-corrected chi connectivity index (χ0v) is 9.22. The molecule has 0 saturated carbocycles. The van der Waals surface area contributed by atoms with E-state index in [1.165, 1.54) is 12.1 Å². The van der Waals surface area contributed by atoms with Crippen LogP contribution in [0.1, 0.15) is 15.9 Å². The van der Waals surface area contributed by atoms with Crippen molar-refractivity contribution in [3.8, 4) is 17.2 Å². The van der Waals surface area contributed by atoms with Gasteiger partial charge in [0, 0.05) is 5.56 Å². The highest BCUT2D eigenvalue weighted by Gasteiger charge is 2.09. The van der Waals surface area contributed by atoms with Crippen molar-refractivity contribution in [2.45, 2.75) is 0 Å². The molecular formula is C14H8FNO2. The van der Waals surface area contributed by atoms with Crippen LogP contribution in [0.15, 0.2) is 42.5 Å². The van der Waals surface area contributed by atoms with Gasteiger partial charge in [-0.2, -0.15) is 5.26 Å². The van der Waals surface area contributed by atoms with Crippen LogP contribution in [0, 0.1) is 17.1 Å². The molecular weight excluding hydrogens is 233 g/mol. The molecule has 0 heterocycles. The number of nitriles is 1. The number of carbonyl (C=O) groups is 1. The molecule has 0 amide bonds. The second kappa shape index (κ2) is 4.68. The minimum atomic E-state index is -1.17. The van der Waals surface area contributed by atoms with E-state index in [0.717, 1.165) is 6.07 Å². The molecule has 3 nitrogen and oxygen atoms in total. The smallest absolute Gasteiger partial charge is 0.335 e. The van der Waals surface area contributed by atoms with Gasteiger partial charge >= 0.3 is 5.97 Å². The van der Waals surface area contributed by atoms with Crippen LogP contribution in [-0.4, -0.2) is 11.1 Å². The van der Waals surface area contributed by atoms with E-state index in [2.05, 4.69) is 0 Å². The first-order chi connectivity index (χ1) is 8.61. The van der Waals surface area contributed by atoms with Crippen molar-refractivity contribution in [3.05, 3.63) is 59.4 Å². The number of benzene rings is 2. The van der Waals surface area contributed by atoms with Crippen molar-refractivity contribution < 1.29 is 14.3 Å². The Kier molecular flexibility index (Phi) is 3.07. The molecule has 0 aliphatic heterocycles. The second-order valence-electron chi connectivity index (χ2n) is 3.69. The number of aromatic carboxylic acids is 1. The van der Waals surface area contributed by atoms with Gasteiger partial charge in [0.15, 0.2) is 0 Å². The summed E-state index contributed by atoms with van der Waals surface area (Å²) in [5, 5.41) is 17.4. The summed E-state index contributed by atoms with van der Waals surface area (Å²) in [6.07, 6.45) is 0. The zero-order valence-electron chi connectivity index (χ0n) is 9.22. The van der Waals surface area contributed by atoms with Gasteiger partial charge in [-0.25, -0.2) is 9.18 Å². The summed E-state index contributed by atoms with van der Waals surface area (Å²) in [6, 6.07) is 12.1. The lowest BCUT2D eigenvalue weighted by Gasteiger charge is -2.04. The van der Waals surface area contributed by atoms with Gasteiger partial charge in [-0.15, -0.1) is 0 Å². The fraction of sp³-hybridized carbons (Fsp3) is 0. The minimum Gasteiger partial charge on any atom is -0.478 e. The average molecular weight is 241 g/mol. The van der Waals surface area contributed by atoms with E-state index in [4.69, 9.17) is 10.4 Å². The average Bonchev–Trinajstić information content (AvgIpc) is 2.38. The third kappa shape index (κ3) is 2.20. The highest BCUT2D eigenvalue weighted by Crippen LogP contribution is 2.24. The summed E-state index contributed by atoms with van der Waals surface area (Å²) in [5.41, 5.74) is 1.30. The van der Waals surface area contributed by atoms with Crippen molar-refractivity contribution in [1.29, 1.82) is 5.26 Å². The van der Waals surface area contributed by atoms with Crippen LogP contribution in [0.5, 0.6) is 0 Å². The Morgan fingerprint density at radius 3 is 2.33 bits per heavy atom. The second-order valence-corrected chi connectivity index (χ2v) is 3.69. The molecule has 18 heavy (non-hydrogen) atoms. The molecule has 0 aliphatic carbocycles. The molecule has 88 valence electrons. The standard InChI is InChI=1S/C14H8FNO2/c15-13-7-11(14(17)18)5-6-12(13)10-3-1-9(8-16)2-4-10/h1-7H,(H,17,18). The lowest BCUT2D eigenvalue weighted by Crippen LogP contribution is -1.97. The number of halogens is 1. The summed E-state index contributed by atoms with van der Waals surface area (Å²) in [7, 11) is 0. The summed E-state index contributed by atoms with van der Waals surface area (Å²) < 4.78 is 13.8. The number of rotatable bonds is 2. The molecule has 2 aromatic carbocycles. The van der Waals surface area contributed by atoms with E-state index in [1.807, 2.05) is 6.07 Å². The van der Waals surface area contributed by atoms with Crippen LogP contribution in [0.25, 0.3) is 11.1 Å². The van der Waals surface area contributed by atoms with Gasteiger partial charge in [0.2, 0.25) is 0 Å². The molecule has 0 atom stereocenters. The van der Waals surface area contributed by atoms with Gasteiger partial charge in [-0.3, -0.25) is 0 Å². The molecule has 1 N–H and O–H groups in total. The molecule has 0 spiro atoms. The summed E-state index contributed by atoms with van der Waals surface area (Å²) >= 11 is 0. The summed E-state index contributed by atoms with van der Waals surface area (Å²) in [4.78, 5) is 10.7. The van der Waals surface area contributed by atoms with E-state index < -0.39 is 11.8 Å². The Morgan fingerprint density at radius 1 is 1.17 bits per heavy atom. The van der Waals surface area contributed by atoms with Gasteiger partial charge in [0.1, 0.15) is 5.82 Å². The fourth-order valence-corrected chi connectivity index (χ4v) is 1.61. The topological polar surface area (TPSA) is 61.1 Å². The van der Waals surface area contributed by atoms with E-state index in [9.17, 15) is 9.18 Å². The van der Waals surface area contributed by atoms with Crippen molar-refractivity contribution in [2.24, 2.45) is 0 Å². The van der Waals surface area contributed by atoms with E-state index in [-0.39, 0.29) is 5.56 Å². The van der Waals surface area contributed by atoms with E-state index in [1.54, 1.807) is 24.3 Å². The van der Waals surface area contributed by atoms with Crippen molar-refractivity contribution >= 4 is 5.97 Å². The highest BCUT2D eigenvalue weighted by atomic mass is 19.1. The normalized spacial score (nSPS) is 9.78. The molecule has 0 aliphatic rings. The maximum absolute atomic E-state index is 13.8. The zero-order chi connectivity index (χ0) is 13.1. The lowest BCUT2D eigenvalue weighted by molar-refractivity contribution is 0.0696. The monoisotopic (exact) mass is 241 g/mol. The third-order valence-corrected chi connectivity index (χ3v) is 2.54. The number of carboxylic acids is 1. The quantitative estimate of drug-likeness (QED) is 0.878.